The number of hydrogen-bond donors (Lipinski definition) is 2. The van der Waals surface area contributed by atoms with Crippen molar-refractivity contribution in [2.24, 2.45) is 5.73 Å². The Morgan fingerprint density at radius 3 is 2.70 bits per heavy atom. The van der Waals surface area contributed by atoms with E-state index < -0.39 is 11.7 Å². The van der Waals surface area contributed by atoms with Crippen LogP contribution in [0.25, 0.3) is 0 Å². The first-order valence-electron chi connectivity index (χ1n) is 2.85. The minimum atomic E-state index is -0.991. The zero-order chi connectivity index (χ0) is 7.61. The maximum Gasteiger partial charge on any atom is 0.404 e. The quantitative estimate of drug-likeness (QED) is 0.516. The summed E-state index contributed by atoms with van der Waals surface area (Å²) in [6.45, 7) is 0.336. The Balaban J connectivity index is 2.18. The highest BCUT2D eigenvalue weighted by Gasteiger charge is 2.37. The molecule has 10 heavy (non-hydrogen) atoms. The van der Waals surface area contributed by atoms with Crippen LogP contribution in [-0.2, 0) is 9.47 Å². The zero-order valence-corrected chi connectivity index (χ0v) is 5.37. The van der Waals surface area contributed by atoms with E-state index in [0.29, 0.717) is 0 Å². The lowest BCUT2D eigenvalue weighted by molar-refractivity contribution is -0.195. The van der Waals surface area contributed by atoms with Crippen LogP contribution in [-0.4, -0.2) is 36.6 Å². The van der Waals surface area contributed by atoms with E-state index in [0.717, 1.165) is 0 Å². The lowest BCUT2D eigenvalue weighted by Gasteiger charge is -2.35. The number of rotatable bonds is 2. The number of aliphatic hydroxyl groups is 1. The van der Waals surface area contributed by atoms with Gasteiger partial charge in [-0.15, -0.1) is 0 Å². The van der Waals surface area contributed by atoms with Gasteiger partial charge in [-0.1, -0.05) is 0 Å². The van der Waals surface area contributed by atoms with Crippen molar-refractivity contribution in [1.29, 1.82) is 0 Å². The fraction of sp³-hybridized carbons (Fsp3) is 0.800. The lowest BCUT2D eigenvalue weighted by Crippen LogP contribution is -2.53. The number of amides is 1. The monoisotopic (exact) mass is 147 g/mol. The molecule has 0 saturated carbocycles. The van der Waals surface area contributed by atoms with Crippen LogP contribution < -0.4 is 5.73 Å². The van der Waals surface area contributed by atoms with Gasteiger partial charge in [0.15, 0.2) is 0 Å². The van der Waals surface area contributed by atoms with Gasteiger partial charge >= 0.3 is 6.09 Å². The van der Waals surface area contributed by atoms with Gasteiger partial charge in [0.25, 0.3) is 0 Å². The molecule has 1 saturated heterocycles. The van der Waals surface area contributed by atoms with E-state index in [-0.39, 0.29) is 19.8 Å². The number of hydrogen-bond acceptors (Lipinski definition) is 4. The summed E-state index contributed by atoms with van der Waals surface area (Å²) >= 11 is 0. The highest BCUT2D eigenvalue weighted by atomic mass is 16.6. The molecule has 3 N–H and O–H groups in total. The third-order valence-electron chi connectivity index (χ3n) is 1.22. The van der Waals surface area contributed by atoms with Crippen LogP contribution in [0.4, 0.5) is 4.79 Å². The third kappa shape index (κ3) is 1.58. The molecule has 1 heterocycles. The summed E-state index contributed by atoms with van der Waals surface area (Å²) in [6, 6.07) is 0. The van der Waals surface area contributed by atoms with Gasteiger partial charge in [-0.2, -0.15) is 0 Å². The maximum atomic E-state index is 10.0. The minimum absolute atomic E-state index is 0.0810. The largest absolute Gasteiger partial charge is 0.446 e. The molecule has 5 heteroatoms. The molecule has 58 valence electrons. The first-order valence-corrected chi connectivity index (χ1v) is 2.85. The molecular formula is C5H9NO4. The minimum Gasteiger partial charge on any atom is -0.446 e. The molecule has 0 aromatic heterocycles. The summed E-state index contributed by atoms with van der Waals surface area (Å²) < 4.78 is 9.05. The summed E-state index contributed by atoms with van der Waals surface area (Å²) in [7, 11) is 0. The summed E-state index contributed by atoms with van der Waals surface area (Å²) in [6.07, 6.45) is -0.875. The number of nitrogens with two attached hydrogens (primary N) is 1. The Morgan fingerprint density at radius 2 is 2.40 bits per heavy atom. The molecule has 5 nitrogen and oxygen atoms in total. The molecule has 0 radical (unpaired) electrons. The predicted molar refractivity (Wildman–Crippen MR) is 31.3 cm³/mol. The van der Waals surface area contributed by atoms with Gasteiger partial charge in [0.2, 0.25) is 0 Å². The van der Waals surface area contributed by atoms with Crippen LogP contribution in [0.15, 0.2) is 0 Å². The topological polar surface area (TPSA) is 81.8 Å². The standard InChI is InChI=1S/C5H9NO4/c6-4(7)10-3-5(8)1-9-2-5/h8H,1-3H2,(H2,6,7). The van der Waals surface area contributed by atoms with Gasteiger partial charge in [-0.3, -0.25) is 0 Å². The number of carbonyl (C=O) groups is 1. The molecule has 1 amide bonds. The fourth-order valence-corrected chi connectivity index (χ4v) is 0.626. The fourth-order valence-electron chi connectivity index (χ4n) is 0.626. The second kappa shape index (κ2) is 2.43. The Bertz CT molecular complexity index is 143. The van der Waals surface area contributed by atoms with Crippen LogP contribution in [0, 0.1) is 0 Å². The number of carbonyl (C=O) groups excluding carboxylic acids is 1. The van der Waals surface area contributed by atoms with Crippen molar-refractivity contribution in [2.45, 2.75) is 5.60 Å². The molecule has 1 aliphatic heterocycles. The van der Waals surface area contributed by atoms with Crippen molar-refractivity contribution in [3.05, 3.63) is 0 Å². The van der Waals surface area contributed by atoms with Gasteiger partial charge in [0, 0.05) is 0 Å². The van der Waals surface area contributed by atoms with Gasteiger partial charge in [0.1, 0.15) is 12.2 Å². The van der Waals surface area contributed by atoms with Gasteiger partial charge < -0.3 is 20.3 Å². The molecule has 0 aromatic carbocycles. The molecule has 0 bridgehead atoms. The van der Waals surface area contributed by atoms with Crippen molar-refractivity contribution in [3.63, 3.8) is 0 Å². The van der Waals surface area contributed by atoms with E-state index in [1.165, 1.54) is 0 Å². The van der Waals surface area contributed by atoms with Crippen molar-refractivity contribution in [1.82, 2.24) is 0 Å². The van der Waals surface area contributed by atoms with Crippen LogP contribution in [0.5, 0.6) is 0 Å². The molecule has 0 spiro atoms. The molecule has 0 unspecified atom stereocenters. The van der Waals surface area contributed by atoms with Gasteiger partial charge in [0.05, 0.1) is 13.2 Å². The van der Waals surface area contributed by atoms with Crippen LogP contribution in [0.1, 0.15) is 0 Å². The SMILES string of the molecule is NC(=O)OCC1(O)COC1. The predicted octanol–water partition coefficient (Wildman–Crippen LogP) is -1.16. The van der Waals surface area contributed by atoms with E-state index in [4.69, 9.17) is 0 Å². The van der Waals surface area contributed by atoms with Crippen molar-refractivity contribution in [2.75, 3.05) is 19.8 Å². The summed E-state index contributed by atoms with van der Waals surface area (Å²) in [5, 5.41) is 9.20. The third-order valence-corrected chi connectivity index (χ3v) is 1.22. The Hall–Kier alpha value is -0.810. The lowest BCUT2D eigenvalue weighted by atomic mass is 10.1. The highest BCUT2D eigenvalue weighted by Crippen LogP contribution is 2.15. The Morgan fingerprint density at radius 1 is 1.80 bits per heavy atom. The first kappa shape index (κ1) is 7.30. The molecular weight excluding hydrogens is 138 g/mol. The van der Waals surface area contributed by atoms with Gasteiger partial charge in [-0.25, -0.2) is 4.79 Å². The van der Waals surface area contributed by atoms with Crippen molar-refractivity contribution >= 4 is 6.09 Å². The average molecular weight is 147 g/mol. The summed E-state index contributed by atoms with van der Waals surface area (Å²) in [5.74, 6) is 0. The molecule has 0 aromatic rings. The summed E-state index contributed by atoms with van der Waals surface area (Å²) in [4.78, 5) is 10.0. The first-order chi connectivity index (χ1) is 4.62. The van der Waals surface area contributed by atoms with E-state index in [1.54, 1.807) is 0 Å². The van der Waals surface area contributed by atoms with Crippen LogP contribution in [0.2, 0.25) is 0 Å². The normalized spacial score (nSPS) is 21.3. The Labute approximate surface area is 57.7 Å². The molecule has 0 aliphatic carbocycles. The molecule has 1 rings (SSSR count). The smallest absolute Gasteiger partial charge is 0.404 e. The number of primary amides is 1. The average Bonchev–Trinajstić information content (AvgIpc) is 1.79. The van der Waals surface area contributed by atoms with Gasteiger partial charge in [-0.05, 0) is 0 Å². The number of ether oxygens (including phenoxy) is 2. The summed E-state index contributed by atoms with van der Waals surface area (Å²) in [5.41, 5.74) is 3.67. The molecule has 1 fully saturated rings. The maximum absolute atomic E-state index is 10.0. The zero-order valence-electron chi connectivity index (χ0n) is 5.37. The van der Waals surface area contributed by atoms with E-state index in [1.807, 2.05) is 0 Å². The van der Waals surface area contributed by atoms with Crippen molar-refractivity contribution in [3.8, 4) is 0 Å². The van der Waals surface area contributed by atoms with E-state index in [9.17, 15) is 9.90 Å². The second-order valence-corrected chi connectivity index (χ2v) is 2.32. The Kier molecular flexibility index (Phi) is 1.78. The highest BCUT2D eigenvalue weighted by molar-refractivity contribution is 5.64. The second-order valence-electron chi connectivity index (χ2n) is 2.32. The van der Waals surface area contributed by atoms with E-state index >= 15 is 0 Å². The van der Waals surface area contributed by atoms with Crippen LogP contribution in [0.3, 0.4) is 0 Å². The van der Waals surface area contributed by atoms with E-state index in [2.05, 4.69) is 15.2 Å². The van der Waals surface area contributed by atoms with Crippen molar-refractivity contribution < 1.29 is 19.4 Å². The van der Waals surface area contributed by atoms with Crippen LogP contribution >= 0.6 is 0 Å². The molecule has 0 atom stereocenters. The molecule has 1 aliphatic rings.